The molecule has 0 aromatic heterocycles. The average Bonchev–Trinajstić information content (AvgIpc) is 3.44. The van der Waals surface area contributed by atoms with E-state index in [4.69, 9.17) is 4.99 Å². The minimum atomic E-state index is 0.261. The van der Waals surface area contributed by atoms with Crippen molar-refractivity contribution in [3.05, 3.63) is 127 Å². The van der Waals surface area contributed by atoms with E-state index in [1.54, 1.807) is 0 Å². The summed E-state index contributed by atoms with van der Waals surface area (Å²) < 4.78 is 0. The first-order chi connectivity index (χ1) is 32.8. The van der Waals surface area contributed by atoms with E-state index < -0.39 is 0 Å². The Morgan fingerprint density at radius 2 is 1.29 bits per heavy atom. The van der Waals surface area contributed by atoms with E-state index >= 15 is 0 Å². The molecular weight excluding hydrogens is 869 g/mol. The van der Waals surface area contributed by atoms with Gasteiger partial charge in [0.1, 0.15) is 11.7 Å². The van der Waals surface area contributed by atoms with E-state index in [9.17, 15) is 0 Å². The maximum Gasteiger partial charge on any atom is 0.144 e. The summed E-state index contributed by atoms with van der Waals surface area (Å²) in [4.78, 5) is 12.5. The standard InChI is InChI=1S/C25H37N3.C17H32.C11H19NS.4C2H6.2C2H4/c1-11-12-15(2)19(6)22(9)28(24-14-17(4)16(3)13-18(24)5)25-20(7)21(8)26-23(10)27-25;1-9-11-16(7)13-14(3,4)17(8,12-10-2)15(16,5)6;1-6-8-13-11(5)9(3)10(4)12-7-2;6*1-2/h13-15,19,22,26H,7-8,10-12H2,1-6,9H3;10H,2,9,11-13H2,1,3-8H3;7H,5-6,8H2,1-4H3;4*1-2H3;2*1-2H2/b;;10-9-,12-7?;;;;;;. The number of nitrogens with one attached hydrogen (secondary N) is 1. The predicted octanol–water partition coefficient (Wildman–Crippen LogP) is 22.0. The topological polar surface area (TPSA) is 40.0 Å². The van der Waals surface area contributed by atoms with Crippen LogP contribution in [0.15, 0.2) is 121 Å². The van der Waals surface area contributed by atoms with Gasteiger partial charge in [0.2, 0.25) is 0 Å². The van der Waals surface area contributed by atoms with Crippen LogP contribution in [0.4, 0.5) is 5.69 Å². The monoisotopic (exact) mass is 989 g/mol. The highest BCUT2D eigenvalue weighted by molar-refractivity contribution is 8.03. The number of amidine groups is 1. The van der Waals surface area contributed by atoms with Crippen molar-refractivity contribution in [2.75, 3.05) is 10.7 Å². The maximum atomic E-state index is 4.77. The van der Waals surface area contributed by atoms with Crippen molar-refractivity contribution in [1.82, 2.24) is 5.32 Å². The molecule has 0 radical (unpaired) electrons. The zero-order valence-corrected chi connectivity index (χ0v) is 52.6. The molecule has 406 valence electrons. The van der Waals surface area contributed by atoms with E-state index in [1.807, 2.05) is 87.2 Å². The zero-order valence-electron chi connectivity index (χ0n) is 51.8. The second kappa shape index (κ2) is 41.0. The largest absolute Gasteiger partial charge is 0.341 e. The summed E-state index contributed by atoms with van der Waals surface area (Å²) >= 11 is 1.81. The third-order valence-corrected chi connectivity index (χ3v) is 15.9. The van der Waals surface area contributed by atoms with Crippen molar-refractivity contribution < 1.29 is 0 Å². The summed E-state index contributed by atoms with van der Waals surface area (Å²) in [7, 11) is 0. The molecule has 0 bridgehead atoms. The number of rotatable bonds is 15. The number of hydrogen-bond acceptors (Lipinski definition) is 5. The average molecular weight is 990 g/mol. The first kappa shape index (κ1) is 77.9. The molecule has 1 aromatic carbocycles. The minimum absolute atomic E-state index is 0.261. The van der Waals surface area contributed by atoms with Crippen LogP contribution in [-0.2, 0) is 0 Å². The van der Waals surface area contributed by atoms with Crippen LogP contribution in [0.5, 0.6) is 0 Å². The van der Waals surface area contributed by atoms with Gasteiger partial charge in [-0.1, -0.05) is 189 Å². The highest BCUT2D eigenvalue weighted by Gasteiger charge is 2.64. The normalized spacial score (nSPS) is 19.5. The zero-order chi connectivity index (χ0) is 57.0. The minimum Gasteiger partial charge on any atom is -0.341 e. The molecule has 0 amide bonds. The Balaban J connectivity index is -0.000000210. The van der Waals surface area contributed by atoms with Crippen LogP contribution in [0.25, 0.3) is 0 Å². The number of aryl methyl sites for hydroxylation is 3. The SMILES string of the molecule is C=C.C=C.C=C(SCCC)/C(C)=C(/C)N=CC.C=C1N=C(N(c2cc(C)c(C)cc2C)C(C)C(C)C(C)CCC)C(=C)C(=C)N1.C=CCC1(C)C(C)(C)CC(C)(CCC)C1(C)C.CC.CC.CC.CC. The first-order valence-corrected chi connectivity index (χ1v) is 28.2. The fourth-order valence-electron chi connectivity index (χ4n) is 9.47. The van der Waals surface area contributed by atoms with E-state index in [0.717, 1.165) is 39.9 Å². The summed E-state index contributed by atoms with van der Waals surface area (Å²) in [6, 6.07) is 4.80. The van der Waals surface area contributed by atoms with Gasteiger partial charge in [-0.2, -0.15) is 0 Å². The summed E-state index contributed by atoms with van der Waals surface area (Å²) in [5.41, 5.74) is 10.5. The number of anilines is 1. The Morgan fingerprint density at radius 1 is 0.800 bits per heavy atom. The number of aliphatic imine (C=N–C) groups is 2. The van der Waals surface area contributed by atoms with Gasteiger partial charge in [0, 0.05) is 39.8 Å². The molecule has 3 rings (SSSR count). The van der Waals surface area contributed by atoms with Crippen LogP contribution in [0.2, 0.25) is 0 Å². The van der Waals surface area contributed by atoms with Crippen molar-refractivity contribution in [1.29, 1.82) is 0 Å². The van der Waals surface area contributed by atoms with Crippen molar-refractivity contribution in [3.8, 4) is 0 Å². The second-order valence-electron chi connectivity index (χ2n) is 19.1. The van der Waals surface area contributed by atoms with Gasteiger partial charge in [-0.25, -0.2) is 4.99 Å². The van der Waals surface area contributed by atoms with Gasteiger partial charge in [0.15, 0.2) is 0 Å². The van der Waals surface area contributed by atoms with E-state index in [-0.39, 0.29) is 6.04 Å². The summed E-state index contributed by atoms with van der Waals surface area (Å²) in [6.45, 7) is 89.6. The fraction of sp³-hybridized carbons (Fsp3) is 0.631. The lowest BCUT2D eigenvalue weighted by Gasteiger charge is -2.50. The van der Waals surface area contributed by atoms with Crippen LogP contribution < -0.4 is 10.2 Å². The molecule has 4 nitrogen and oxygen atoms in total. The molecule has 2 aliphatic rings. The molecule has 0 spiro atoms. The quantitative estimate of drug-likeness (QED) is 0.108. The van der Waals surface area contributed by atoms with Gasteiger partial charge < -0.3 is 10.2 Å². The Kier molecular flexibility index (Phi) is 45.6. The third-order valence-electron chi connectivity index (χ3n) is 14.6. The predicted molar refractivity (Wildman–Crippen MR) is 334 cm³/mol. The molecule has 1 fully saturated rings. The van der Waals surface area contributed by atoms with Crippen LogP contribution >= 0.6 is 11.8 Å². The van der Waals surface area contributed by atoms with Gasteiger partial charge in [0.25, 0.3) is 0 Å². The molecule has 5 unspecified atom stereocenters. The number of allylic oxidation sites excluding steroid dienone is 3. The molecule has 1 aromatic rings. The van der Waals surface area contributed by atoms with E-state index in [1.165, 1.54) is 66.5 Å². The third kappa shape index (κ3) is 22.5. The molecule has 1 aliphatic carbocycles. The van der Waals surface area contributed by atoms with Crippen molar-refractivity contribution in [3.63, 3.8) is 0 Å². The Morgan fingerprint density at radius 3 is 1.71 bits per heavy atom. The summed E-state index contributed by atoms with van der Waals surface area (Å²) in [5.74, 6) is 3.71. The van der Waals surface area contributed by atoms with E-state index in [0.29, 0.717) is 39.3 Å². The molecule has 5 heteroatoms. The number of thioether (sulfide) groups is 1. The highest BCUT2D eigenvalue weighted by Crippen LogP contribution is 2.72. The molecule has 5 atom stereocenters. The van der Waals surface area contributed by atoms with Gasteiger partial charge in [-0.05, 0) is 142 Å². The first-order valence-electron chi connectivity index (χ1n) is 27.2. The highest BCUT2D eigenvalue weighted by atomic mass is 32.2. The van der Waals surface area contributed by atoms with Crippen molar-refractivity contribution in [2.24, 2.45) is 43.5 Å². The molecule has 70 heavy (non-hydrogen) atoms. The molecule has 1 aliphatic heterocycles. The van der Waals surface area contributed by atoms with Crippen LogP contribution in [0, 0.1) is 54.3 Å². The van der Waals surface area contributed by atoms with Crippen LogP contribution in [0.3, 0.4) is 0 Å². The smallest absolute Gasteiger partial charge is 0.144 e. The molecule has 1 saturated carbocycles. The Bertz CT molecular complexity index is 1730. The van der Waals surface area contributed by atoms with Crippen LogP contribution in [0.1, 0.15) is 221 Å². The van der Waals surface area contributed by atoms with Crippen molar-refractivity contribution in [2.45, 2.75) is 231 Å². The lowest BCUT2D eigenvalue weighted by Crippen LogP contribution is -2.47. The fourth-order valence-corrected chi connectivity index (χ4v) is 10.3. The Labute approximate surface area is 445 Å². The van der Waals surface area contributed by atoms with Gasteiger partial charge in [0.05, 0.1) is 0 Å². The maximum absolute atomic E-state index is 4.77. The summed E-state index contributed by atoms with van der Waals surface area (Å²) in [6.07, 6.45) is 12.7. The van der Waals surface area contributed by atoms with Crippen LogP contribution in [-0.4, -0.2) is 23.8 Å². The molecule has 1 N–H and O–H groups in total. The van der Waals surface area contributed by atoms with Gasteiger partial charge in [-0.15, -0.1) is 44.7 Å². The van der Waals surface area contributed by atoms with E-state index in [2.05, 4.69) is 203 Å². The number of nitrogens with zero attached hydrogens (tertiary/aromatic N) is 3. The van der Waals surface area contributed by atoms with Gasteiger partial charge >= 0.3 is 0 Å². The second-order valence-corrected chi connectivity index (χ2v) is 20.3. The van der Waals surface area contributed by atoms with Gasteiger partial charge in [-0.3, -0.25) is 4.99 Å². The molecular formula is C65H120N4S. The summed E-state index contributed by atoms with van der Waals surface area (Å²) in [5, 5.41) is 3.11. The lowest BCUT2D eigenvalue weighted by molar-refractivity contribution is -0.0112. The number of hydrogen-bond donors (Lipinski definition) is 1. The Hall–Kier alpha value is -3.57. The lowest BCUT2D eigenvalue weighted by atomic mass is 9.54. The number of benzene rings is 1. The molecule has 0 saturated heterocycles. The van der Waals surface area contributed by atoms with Crippen molar-refractivity contribution >= 4 is 29.5 Å². The molecule has 1 heterocycles.